The SMILES string of the molecule is CCC=CCC1=C(CC=CCC)c2ccccc2C1. The second-order valence-electron chi connectivity index (χ2n) is 5.08. The van der Waals surface area contributed by atoms with Crippen LogP contribution in [0.15, 0.2) is 54.1 Å². The molecule has 1 aromatic rings. The molecular weight excluding hydrogens is 228 g/mol. The van der Waals surface area contributed by atoms with Crippen LogP contribution in [0.5, 0.6) is 0 Å². The van der Waals surface area contributed by atoms with Crippen LogP contribution in [0.3, 0.4) is 0 Å². The van der Waals surface area contributed by atoms with E-state index in [1.54, 1.807) is 11.1 Å². The molecule has 0 heterocycles. The zero-order valence-electron chi connectivity index (χ0n) is 12.2. The minimum atomic E-state index is 1.08. The normalized spacial score (nSPS) is 14.8. The summed E-state index contributed by atoms with van der Waals surface area (Å²) < 4.78 is 0. The third kappa shape index (κ3) is 3.47. The summed E-state index contributed by atoms with van der Waals surface area (Å²) >= 11 is 0. The lowest BCUT2D eigenvalue weighted by Crippen LogP contribution is -1.84. The summed E-state index contributed by atoms with van der Waals surface area (Å²) in [6, 6.07) is 8.87. The molecule has 0 atom stereocenters. The zero-order chi connectivity index (χ0) is 13.5. The number of benzene rings is 1. The lowest BCUT2D eigenvalue weighted by atomic mass is 10.0. The second kappa shape index (κ2) is 7.13. The summed E-state index contributed by atoms with van der Waals surface area (Å²) in [5.74, 6) is 0. The average Bonchev–Trinajstić information content (AvgIpc) is 2.78. The maximum Gasteiger partial charge on any atom is -0.00518 e. The minimum Gasteiger partial charge on any atom is -0.0885 e. The van der Waals surface area contributed by atoms with Crippen LogP contribution in [0.1, 0.15) is 50.7 Å². The second-order valence-corrected chi connectivity index (χ2v) is 5.08. The van der Waals surface area contributed by atoms with E-state index in [1.807, 2.05) is 0 Å². The van der Waals surface area contributed by atoms with E-state index in [2.05, 4.69) is 62.4 Å². The predicted octanol–water partition coefficient (Wildman–Crippen LogP) is 5.71. The molecule has 1 aromatic carbocycles. The monoisotopic (exact) mass is 252 g/mol. The van der Waals surface area contributed by atoms with Crippen molar-refractivity contribution in [2.45, 2.75) is 46.0 Å². The van der Waals surface area contributed by atoms with Gasteiger partial charge in [0.15, 0.2) is 0 Å². The molecule has 1 aliphatic rings. The summed E-state index contributed by atoms with van der Waals surface area (Å²) in [4.78, 5) is 0. The number of fused-ring (bicyclic) bond motifs is 1. The number of rotatable bonds is 6. The molecule has 0 saturated heterocycles. The maximum absolute atomic E-state index is 2.32. The fourth-order valence-electron chi connectivity index (χ4n) is 2.71. The van der Waals surface area contributed by atoms with Crippen molar-refractivity contribution >= 4 is 5.57 Å². The molecule has 2 rings (SSSR count). The molecule has 0 amide bonds. The van der Waals surface area contributed by atoms with Crippen LogP contribution in [0.25, 0.3) is 5.57 Å². The topological polar surface area (TPSA) is 0 Å². The van der Waals surface area contributed by atoms with Gasteiger partial charge in [0.1, 0.15) is 0 Å². The lowest BCUT2D eigenvalue weighted by Gasteiger charge is -2.04. The molecule has 0 N–H and O–H groups in total. The van der Waals surface area contributed by atoms with E-state index in [0.717, 1.165) is 32.1 Å². The first-order chi connectivity index (χ1) is 9.36. The largest absolute Gasteiger partial charge is 0.0885 e. The van der Waals surface area contributed by atoms with Gasteiger partial charge in [-0.3, -0.25) is 0 Å². The first-order valence-electron chi connectivity index (χ1n) is 7.46. The van der Waals surface area contributed by atoms with Crippen LogP contribution >= 0.6 is 0 Å². The van der Waals surface area contributed by atoms with Crippen molar-refractivity contribution in [3.63, 3.8) is 0 Å². The van der Waals surface area contributed by atoms with Crippen LogP contribution in [-0.2, 0) is 6.42 Å². The highest BCUT2D eigenvalue weighted by atomic mass is 14.2. The summed E-state index contributed by atoms with van der Waals surface area (Å²) in [6.45, 7) is 4.39. The van der Waals surface area contributed by atoms with E-state index >= 15 is 0 Å². The van der Waals surface area contributed by atoms with Crippen molar-refractivity contribution in [2.75, 3.05) is 0 Å². The quantitative estimate of drug-likeness (QED) is 0.569. The summed E-state index contributed by atoms with van der Waals surface area (Å²) in [7, 11) is 0. The molecular formula is C19H24. The third-order valence-corrected chi connectivity index (χ3v) is 3.66. The Hall–Kier alpha value is -1.56. The van der Waals surface area contributed by atoms with E-state index in [4.69, 9.17) is 0 Å². The van der Waals surface area contributed by atoms with Crippen LogP contribution in [-0.4, -0.2) is 0 Å². The molecule has 0 nitrogen and oxygen atoms in total. The van der Waals surface area contributed by atoms with Gasteiger partial charge in [-0.1, -0.05) is 68.0 Å². The van der Waals surface area contributed by atoms with Gasteiger partial charge in [-0.25, -0.2) is 0 Å². The Balaban J connectivity index is 2.22. The molecule has 100 valence electrons. The van der Waals surface area contributed by atoms with E-state index in [-0.39, 0.29) is 0 Å². The molecule has 0 spiro atoms. The van der Waals surface area contributed by atoms with Crippen LogP contribution in [0.2, 0.25) is 0 Å². The molecule has 0 aliphatic heterocycles. The van der Waals surface area contributed by atoms with E-state index in [9.17, 15) is 0 Å². The van der Waals surface area contributed by atoms with Gasteiger partial charge in [0.2, 0.25) is 0 Å². The zero-order valence-corrected chi connectivity index (χ0v) is 12.2. The molecule has 0 heteroatoms. The number of allylic oxidation sites excluding steroid dienone is 6. The van der Waals surface area contributed by atoms with Gasteiger partial charge in [-0.15, -0.1) is 0 Å². The predicted molar refractivity (Wildman–Crippen MR) is 85.2 cm³/mol. The molecule has 0 radical (unpaired) electrons. The van der Waals surface area contributed by atoms with Crippen molar-refractivity contribution in [3.05, 3.63) is 65.3 Å². The van der Waals surface area contributed by atoms with Gasteiger partial charge in [-0.2, -0.15) is 0 Å². The highest BCUT2D eigenvalue weighted by molar-refractivity contribution is 5.77. The van der Waals surface area contributed by atoms with E-state index in [1.165, 1.54) is 11.1 Å². The van der Waals surface area contributed by atoms with Gasteiger partial charge >= 0.3 is 0 Å². The Morgan fingerprint density at radius 2 is 1.58 bits per heavy atom. The Bertz CT molecular complexity index is 501. The van der Waals surface area contributed by atoms with Crippen LogP contribution < -0.4 is 0 Å². The molecule has 0 bridgehead atoms. The van der Waals surface area contributed by atoms with Gasteiger partial charge in [0.25, 0.3) is 0 Å². The van der Waals surface area contributed by atoms with Gasteiger partial charge in [0, 0.05) is 0 Å². The van der Waals surface area contributed by atoms with Crippen molar-refractivity contribution in [3.8, 4) is 0 Å². The van der Waals surface area contributed by atoms with Crippen molar-refractivity contribution < 1.29 is 0 Å². The Labute approximate surface area is 117 Å². The Kier molecular flexibility index (Phi) is 5.20. The van der Waals surface area contributed by atoms with Crippen molar-refractivity contribution in [1.82, 2.24) is 0 Å². The summed E-state index contributed by atoms with van der Waals surface area (Å²) in [5, 5.41) is 0. The van der Waals surface area contributed by atoms with Gasteiger partial charge in [-0.05, 0) is 48.8 Å². The number of hydrogen-bond acceptors (Lipinski definition) is 0. The van der Waals surface area contributed by atoms with Gasteiger partial charge in [0.05, 0.1) is 0 Å². The van der Waals surface area contributed by atoms with Crippen LogP contribution in [0.4, 0.5) is 0 Å². The summed E-state index contributed by atoms with van der Waals surface area (Å²) in [5.41, 5.74) is 6.14. The first-order valence-corrected chi connectivity index (χ1v) is 7.46. The molecule has 0 saturated carbocycles. The van der Waals surface area contributed by atoms with Gasteiger partial charge < -0.3 is 0 Å². The molecule has 0 aromatic heterocycles. The minimum absolute atomic E-state index is 1.08. The van der Waals surface area contributed by atoms with E-state index < -0.39 is 0 Å². The van der Waals surface area contributed by atoms with Crippen molar-refractivity contribution in [1.29, 1.82) is 0 Å². The standard InChI is InChI=1S/C19H24/c1-3-5-7-11-16-15-17-12-9-10-14-19(17)18(16)13-8-6-4-2/h5-10,12,14H,3-4,11,13,15H2,1-2H3. The lowest BCUT2D eigenvalue weighted by molar-refractivity contribution is 1.08. The highest BCUT2D eigenvalue weighted by Gasteiger charge is 2.18. The molecule has 0 fully saturated rings. The highest BCUT2D eigenvalue weighted by Crippen LogP contribution is 2.36. The van der Waals surface area contributed by atoms with Crippen molar-refractivity contribution in [2.24, 2.45) is 0 Å². The molecule has 1 aliphatic carbocycles. The van der Waals surface area contributed by atoms with E-state index in [0.29, 0.717) is 0 Å². The first kappa shape index (κ1) is 13.9. The fourth-order valence-corrected chi connectivity index (χ4v) is 2.71. The molecule has 0 unspecified atom stereocenters. The Morgan fingerprint density at radius 1 is 0.895 bits per heavy atom. The summed E-state index contributed by atoms with van der Waals surface area (Å²) in [6.07, 6.45) is 14.8. The smallest absolute Gasteiger partial charge is 0.00518 e. The average molecular weight is 252 g/mol. The fraction of sp³-hybridized carbons (Fsp3) is 0.368. The third-order valence-electron chi connectivity index (χ3n) is 3.66. The van der Waals surface area contributed by atoms with Crippen LogP contribution in [0, 0.1) is 0 Å². The Morgan fingerprint density at radius 3 is 2.32 bits per heavy atom. The maximum atomic E-state index is 2.32. The number of hydrogen-bond donors (Lipinski definition) is 0. The molecule has 19 heavy (non-hydrogen) atoms.